The third kappa shape index (κ3) is 5.18. The first-order chi connectivity index (χ1) is 9.21. The summed E-state index contributed by atoms with van der Waals surface area (Å²) in [4.78, 5) is 11.4. The molecule has 0 aliphatic rings. The molecule has 0 aromatic heterocycles. The molecule has 5 heteroatoms. The van der Waals surface area contributed by atoms with Crippen LogP contribution in [0.5, 0.6) is 11.5 Å². The van der Waals surface area contributed by atoms with Gasteiger partial charge in [0.25, 0.3) is 0 Å². The van der Waals surface area contributed by atoms with Gasteiger partial charge in [-0.1, -0.05) is 6.07 Å². The van der Waals surface area contributed by atoms with E-state index in [4.69, 9.17) is 15.2 Å². The zero-order valence-electron chi connectivity index (χ0n) is 11.6. The molecule has 106 valence electrons. The van der Waals surface area contributed by atoms with Crippen molar-refractivity contribution in [3.05, 3.63) is 23.8 Å². The van der Waals surface area contributed by atoms with Gasteiger partial charge >= 0.3 is 0 Å². The summed E-state index contributed by atoms with van der Waals surface area (Å²) in [5.41, 5.74) is 6.44. The van der Waals surface area contributed by atoms with Gasteiger partial charge in [0.15, 0.2) is 11.5 Å². The molecule has 0 spiro atoms. The number of ether oxygens (including phenoxy) is 2. The van der Waals surface area contributed by atoms with E-state index in [2.05, 4.69) is 5.32 Å². The van der Waals surface area contributed by atoms with Crippen molar-refractivity contribution in [3.63, 3.8) is 0 Å². The van der Waals surface area contributed by atoms with Crippen molar-refractivity contribution in [2.75, 3.05) is 27.3 Å². The molecule has 0 bridgehead atoms. The van der Waals surface area contributed by atoms with Crippen molar-refractivity contribution >= 4 is 5.91 Å². The Bertz CT molecular complexity index is 408. The zero-order valence-corrected chi connectivity index (χ0v) is 11.6. The highest BCUT2D eigenvalue weighted by Crippen LogP contribution is 2.27. The number of rotatable bonds is 8. The van der Waals surface area contributed by atoms with Crippen molar-refractivity contribution in [1.82, 2.24) is 5.32 Å². The van der Waals surface area contributed by atoms with Gasteiger partial charge in [0.05, 0.1) is 14.2 Å². The van der Waals surface area contributed by atoms with Gasteiger partial charge in [0.2, 0.25) is 5.91 Å². The molecule has 19 heavy (non-hydrogen) atoms. The van der Waals surface area contributed by atoms with Crippen LogP contribution in [0.4, 0.5) is 0 Å². The average molecular weight is 266 g/mol. The first-order valence-electron chi connectivity index (χ1n) is 6.39. The van der Waals surface area contributed by atoms with Crippen molar-refractivity contribution in [2.24, 2.45) is 5.73 Å². The minimum Gasteiger partial charge on any atom is -0.493 e. The van der Waals surface area contributed by atoms with Gasteiger partial charge in [-0.25, -0.2) is 0 Å². The predicted octanol–water partition coefficient (Wildman–Crippen LogP) is 1.10. The maximum absolute atomic E-state index is 11.4. The third-order valence-corrected chi connectivity index (χ3v) is 2.79. The highest BCUT2D eigenvalue weighted by atomic mass is 16.5. The molecule has 0 unspecified atom stereocenters. The molecular formula is C14H22N2O3. The van der Waals surface area contributed by atoms with Crippen LogP contribution in [0.2, 0.25) is 0 Å². The van der Waals surface area contributed by atoms with Gasteiger partial charge in [0.1, 0.15) is 0 Å². The first-order valence-corrected chi connectivity index (χ1v) is 6.39. The smallest absolute Gasteiger partial charge is 0.220 e. The summed E-state index contributed by atoms with van der Waals surface area (Å²) in [5, 5.41) is 2.87. The molecule has 0 radical (unpaired) electrons. The summed E-state index contributed by atoms with van der Waals surface area (Å²) < 4.78 is 10.4. The van der Waals surface area contributed by atoms with Gasteiger partial charge in [-0.3, -0.25) is 4.79 Å². The Morgan fingerprint density at radius 1 is 1.26 bits per heavy atom. The summed E-state index contributed by atoms with van der Waals surface area (Å²) in [6.45, 7) is 1.15. The Morgan fingerprint density at radius 3 is 2.63 bits per heavy atom. The molecular weight excluding hydrogens is 244 g/mol. The topological polar surface area (TPSA) is 73.6 Å². The number of amides is 1. The highest BCUT2D eigenvalue weighted by Gasteiger charge is 2.05. The Morgan fingerprint density at radius 2 is 2.00 bits per heavy atom. The maximum atomic E-state index is 11.4. The van der Waals surface area contributed by atoms with E-state index in [-0.39, 0.29) is 5.91 Å². The molecule has 5 nitrogen and oxygen atoms in total. The minimum absolute atomic E-state index is 0.0472. The lowest BCUT2D eigenvalue weighted by atomic mass is 10.1. The minimum atomic E-state index is 0.0472. The fraction of sp³-hybridized carbons (Fsp3) is 0.500. The second kappa shape index (κ2) is 8.37. The van der Waals surface area contributed by atoms with Crippen LogP contribution in [0.15, 0.2) is 18.2 Å². The summed E-state index contributed by atoms with van der Waals surface area (Å²) in [5.74, 6) is 1.46. The molecule has 0 saturated carbocycles. The molecule has 0 saturated heterocycles. The number of nitrogens with one attached hydrogen (secondary N) is 1. The maximum Gasteiger partial charge on any atom is 0.220 e. The summed E-state index contributed by atoms with van der Waals surface area (Å²) in [7, 11) is 3.21. The Kier molecular flexibility index (Phi) is 6.74. The SMILES string of the molecule is COc1ccc(CCNC(=O)CCCN)cc1OC. The fourth-order valence-corrected chi connectivity index (χ4v) is 1.73. The van der Waals surface area contributed by atoms with Gasteiger partial charge in [-0.15, -0.1) is 0 Å². The van der Waals surface area contributed by atoms with Crippen molar-refractivity contribution in [3.8, 4) is 11.5 Å². The lowest BCUT2D eigenvalue weighted by molar-refractivity contribution is -0.121. The molecule has 0 aliphatic heterocycles. The molecule has 0 aliphatic carbocycles. The summed E-state index contributed by atoms with van der Waals surface area (Å²) >= 11 is 0. The van der Waals surface area contributed by atoms with E-state index in [9.17, 15) is 4.79 Å². The van der Waals surface area contributed by atoms with Crippen molar-refractivity contribution in [2.45, 2.75) is 19.3 Å². The fourth-order valence-electron chi connectivity index (χ4n) is 1.73. The summed E-state index contributed by atoms with van der Waals surface area (Å²) in [6, 6.07) is 5.75. The summed E-state index contributed by atoms with van der Waals surface area (Å²) in [6.07, 6.45) is 1.97. The van der Waals surface area contributed by atoms with Crippen LogP contribution in [-0.4, -0.2) is 33.2 Å². The number of methoxy groups -OCH3 is 2. The Balaban J connectivity index is 2.43. The molecule has 1 amide bonds. The van der Waals surface area contributed by atoms with Crippen LogP contribution in [0.3, 0.4) is 0 Å². The van der Waals surface area contributed by atoms with Gasteiger partial charge in [-0.2, -0.15) is 0 Å². The molecule has 0 heterocycles. The van der Waals surface area contributed by atoms with Gasteiger partial charge in [-0.05, 0) is 37.1 Å². The molecule has 1 aromatic carbocycles. The number of carbonyl (C=O) groups is 1. The Hall–Kier alpha value is -1.75. The lowest BCUT2D eigenvalue weighted by Crippen LogP contribution is -2.25. The molecule has 0 atom stereocenters. The second-order valence-electron chi connectivity index (χ2n) is 4.18. The molecule has 3 N–H and O–H groups in total. The molecule has 1 aromatic rings. The highest BCUT2D eigenvalue weighted by molar-refractivity contribution is 5.75. The first kappa shape index (κ1) is 15.3. The number of benzene rings is 1. The van der Waals surface area contributed by atoms with Crippen LogP contribution in [-0.2, 0) is 11.2 Å². The van der Waals surface area contributed by atoms with E-state index in [0.717, 1.165) is 18.4 Å². The van der Waals surface area contributed by atoms with E-state index < -0.39 is 0 Å². The van der Waals surface area contributed by atoms with E-state index in [1.807, 2.05) is 18.2 Å². The Labute approximate surface area is 114 Å². The van der Waals surface area contributed by atoms with Crippen LogP contribution in [0, 0.1) is 0 Å². The largest absolute Gasteiger partial charge is 0.493 e. The van der Waals surface area contributed by atoms with Crippen molar-refractivity contribution < 1.29 is 14.3 Å². The quantitative estimate of drug-likeness (QED) is 0.739. The lowest BCUT2D eigenvalue weighted by Gasteiger charge is -2.10. The number of hydrogen-bond acceptors (Lipinski definition) is 4. The normalized spacial score (nSPS) is 10.1. The van der Waals surface area contributed by atoms with Gasteiger partial charge < -0.3 is 20.5 Å². The van der Waals surface area contributed by atoms with E-state index in [1.165, 1.54) is 0 Å². The number of carbonyl (C=O) groups excluding carboxylic acids is 1. The second-order valence-corrected chi connectivity index (χ2v) is 4.18. The standard InChI is InChI=1S/C14H22N2O3/c1-18-12-6-5-11(10-13(12)19-2)7-9-16-14(17)4-3-8-15/h5-6,10H,3-4,7-9,15H2,1-2H3,(H,16,17). The third-order valence-electron chi connectivity index (χ3n) is 2.79. The number of hydrogen-bond donors (Lipinski definition) is 2. The average Bonchev–Trinajstić information content (AvgIpc) is 2.44. The van der Waals surface area contributed by atoms with Crippen LogP contribution in [0.1, 0.15) is 18.4 Å². The molecule has 1 rings (SSSR count). The predicted molar refractivity (Wildman–Crippen MR) is 74.5 cm³/mol. The van der Waals surface area contributed by atoms with E-state index in [0.29, 0.717) is 31.0 Å². The zero-order chi connectivity index (χ0) is 14.1. The molecule has 0 fully saturated rings. The number of nitrogens with two attached hydrogens (primary N) is 1. The van der Waals surface area contributed by atoms with E-state index in [1.54, 1.807) is 14.2 Å². The van der Waals surface area contributed by atoms with Crippen LogP contribution < -0.4 is 20.5 Å². The van der Waals surface area contributed by atoms with Crippen LogP contribution >= 0.6 is 0 Å². The van der Waals surface area contributed by atoms with Crippen molar-refractivity contribution in [1.29, 1.82) is 0 Å². The van der Waals surface area contributed by atoms with Gasteiger partial charge in [0, 0.05) is 13.0 Å². The monoisotopic (exact) mass is 266 g/mol. The van der Waals surface area contributed by atoms with E-state index >= 15 is 0 Å². The van der Waals surface area contributed by atoms with Crippen LogP contribution in [0.25, 0.3) is 0 Å².